The third-order valence-corrected chi connectivity index (χ3v) is 10.9. The predicted molar refractivity (Wildman–Crippen MR) is 217 cm³/mol. The van der Waals surface area contributed by atoms with Crippen LogP contribution in [0.5, 0.6) is 0 Å². The number of aliphatic hydroxyl groups is 4. The van der Waals surface area contributed by atoms with E-state index in [4.69, 9.17) is 9.47 Å². The zero-order valence-corrected chi connectivity index (χ0v) is 34.7. The fourth-order valence-corrected chi connectivity index (χ4v) is 7.44. The lowest BCUT2D eigenvalue weighted by Gasteiger charge is -2.20. The molecule has 1 aliphatic carbocycles. The highest BCUT2D eigenvalue weighted by Gasteiger charge is 2.41. The van der Waals surface area contributed by atoms with Gasteiger partial charge in [-0.05, 0) is 31.6 Å². The quantitative estimate of drug-likeness (QED) is 0.0278. The van der Waals surface area contributed by atoms with Crippen molar-refractivity contribution in [2.24, 2.45) is 17.8 Å². The van der Waals surface area contributed by atoms with Crippen LogP contribution in [0.2, 0.25) is 0 Å². The Labute approximate surface area is 329 Å². The summed E-state index contributed by atoms with van der Waals surface area (Å²) in [5.74, 6) is -0.823. The van der Waals surface area contributed by atoms with Gasteiger partial charge < -0.3 is 29.9 Å². The number of carbonyl (C=O) groups excluding carboxylic acids is 3. The smallest absolute Gasteiger partial charge is 0.305 e. The molecule has 54 heavy (non-hydrogen) atoms. The van der Waals surface area contributed by atoms with Crippen LogP contribution >= 0.6 is 0 Å². The average Bonchev–Trinajstić information content (AvgIpc) is 3.40. The lowest BCUT2D eigenvalue weighted by Crippen LogP contribution is -2.25. The van der Waals surface area contributed by atoms with Crippen LogP contribution in [0, 0.1) is 17.8 Å². The molecule has 0 amide bonds. The van der Waals surface area contributed by atoms with Gasteiger partial charge in [0, 0.05) is 43.9 Å². The van der Waals surface area contributed by atoms with E-state index in [1.54, 1.807) is 12.2 Å². The summed E-state index contributed by atoms with van der Waals surface area (Å²) in [6.07, 6.45) is 27.6. The number of rotatable bonds is 36. The van der Waals surface area contributed by atoms with Crippen LogP contribution < -0.4 is 0 Å². The summed E-state index contributed by atoms with van der Waals surface area (Å²) in [7, 11) is 0. The van der Waals surface area contributed by atoms with Gasteiger partial charge in [-0.1, -0.05) is 155 Å². The van der Waals surface area contributed by atoms with Crippen LogP contribution in [0.15, 0.2) is 12.2 Å². The van der Waals surface area contributed by atoms with E-state index in [2.05, 4.69) is 20.8 Å². The molecule has 0 saturated heterocycles. The second-order valence-electron chi connectivity index (χ2n) is 16.6. The predicted octanol–water partition coefficient (Wildman–Crippen LogP) is 9.49. The monoisotopic (exact) mass is 767 g/mol. The summed E-state index contributed by atoms with van der Waals surface area (Å²) in [4.78, 5) is 36.8. The van der Waals surface area contributed by atoms with Crippen molar-refractivity contribution < 1.29 is 44.3 Å². The van der Waals surface area contributed by atoms with E-state index in [-0.39, 0.29) is 56.6 Å². The molecule has 4 N–H and O–H groups in total. The maximum Gasteiger partial charge on any atom is 0.305 e. The maximum atomic E-state index is 12.7. The van der Waals surface area contributed by atoms with Gasteiger partial charge in [0.1, 0.15) is 25.1 Å². The van der Waals surface area contributed by atoms with Crippen molar-refractivity contribution in [3.05, 3.63) is 12.2 Å². The number of esters is 2. The van der Waals surface area contributed by atoms with Gasteiger partial charge in [0.15, 0.2) is 0 Å². The summed E-state index contributed by atoms with van der Waals surface area (Å²) in [5.41, 5.74) is 0. The minimum Gasteiger partial charge on any atom is -0.463 e. The Balaban J connectivity index is 2.00. The van der Waals surface area contributed by atoms with E-state index in [9.17, 15) is 34.8 Å². The largest absolute Gasteiger partial charge is 0.463 e. The SMILES string of the molecule is CCCCC[C@H](O)/C=C/[C@@H]1[C@@H](CC(=O)CCCCC(=O)OC[C@H](O)COC(=O)CCCCCCCCCCCCCCCCCCC(C)C)[C@@H](O)C[C@H]1O. The first-order valence-corrected chi connectivity index (χ1v) is 22.3. The highest BCUT2D eigenvalue weighted by atomic mass is 16.6. The Morgan fingerprint density at radius 3 is 1.56 bits per heavy atom. The average molecular weight is 767 g/mol. The molecule has 9 nitrogen and oxygen atoms in total. The van der Waals surface area contributed by atoms with Gasteiger partial charge in [-0.2, -0.15) is 0 Å². The molecule has 0 aromatic carbocycles. The molecule has 1 fully saturated rings. The molecule has 1 rings (SSSR count). The maximum absolute atomic E-state index is 12.7. The number of Topliss-reactive ketones (excluding diaryl/α,β-unsaturated/α-hetero) is 1. The van der Waals surface area contributed by atoms with Gasteiger partial charge >= 0.3 is 11.9 Å². The molecule has 0 radical (unpaired) electrons. The number of hydrogen-bond donors (Lipinski definition) is 4. The van der Waals surface area contributed by atoms with E-state index < -0.39 is 36.3 Å². The molecule has 316 valence electrons. The minimum atomic E-state index is -1.09. The van der Waals surface area contributed by atoms with Crippen molar-refractivity contribution in [1.82, 2.24) is 0 Å². The first-order valence-electron chi connectivity index (χ1n) is 22.3. The lowest BCUT2D eigenvalue weighted by molar-refractivity contribution is -0.152. The van der Waals surface area contributed by atoms with Gasteiger partial charge in [0.25, 0.3) is 0 Å². The van der Waals surface area contributed by atoms with Crippen LogP contribution in [0.25, 0.3) is 0 Å². The van der Waals surface area contributed by atoms with Crippen LogP contribution in [0.3, 0.4) is 0 Å². The zero-order chi connectivity index (χ0) is 39.8. The molecule has 0 heterocycles. The minimum absolute atomic E-state index is 0.0412. The zero-order valence-electron chi connectivity index (χ0n) is 34.7. The molecule has 0 unspecified atom stereocenters. The van der Waals surface area contributed by atoms with Crippen molar-refractivity contribution in [3.8, 4) is 0 Å². The van der Waals surface area contributed by atoms with E-state index in [0.717, 1.165) is 44.4 Å². The Bertz CT molecular complexity index is 967. The van der Waals surface area contributed by atoms with Gasteiger partial charge in [0.2, 0.25) is 0 Å². The molecule has 0 bridgehead atoms. The number of aliphatic hydroxyl groups excluding tert-OH is 4. The molecule has 0 aliphatic heterocycles. The normalized spacial score (nSPS) is 19.8. The Kier molecular flexibility index (Phi) is 31.0. The molecular formula is C45H82O9. The molecule has 9 heteroatoms. The van der Waals surface area contributed by atoms with E-state index >= 15 is 0 Å². The molecule has 1 saturated carbocycles. The first-order chi connectivity index (χ1) is 26.0. The summed E-state index contributed by atoms with van der Waals surface area (Å²) >= 11 is 0. The second-order valence-corrected chi connectivity index (χ2v) is 16.6. The Hall–Kier alpha value is -1.81. The third kappa shape index (κ3) is 27.7. The number of hydrogen-bond acceptors (Lipinski definition) is 9. The summed E-state index contributed by atoms with van der Waals surface area (Å²) in [6.45, 7) is 6.25. The van der Waals surface area contributed by atoms with Crippen molar-refractivity contribution in [3.63, 3.8) is 0 Å². The van der Waals surface area contributed by atoms with Crippen LogP contribution in [-0.4, -0.2) is 75.8 Å². The number of unbranched alkanes of at least 4 members (excludes halogenated alkanes) is 18. The van der Waals surface area contributed by atoms with E-state index in [1.807, 2.05) is 0 Å². The van der Waals surface area contributed by atoms with Gasteiger partial charge in [0.05, 0.1) is 18.3 Å². The number of carbonyl (C=O) groups is 3. The summed E-state index contributed by atoms with van der Waals surface area (Å²) in [5, 5.41) is 41.2. The first kappa shape index (κ1) is 50.2. The van der Waals surface area contributed by atoms with Gasteiger partial charge in [-0.15, -0.1) is 0 Å². The summed E-state index contributed by atoms with van der Waals surface area (Å²) < 4.78 is 10.3. The van der Waals surface area contributed by atoms with Crippen LogP contribution in [0.4, 0.5) is 0 Å². The van der Waals surface area contributed by atoms with Crippen LogP contribution in [-0.2, 0) is 23.9 Å². The highest BCUT2D eigenvalue weighted by molar-refractivity contribution is 5.79. The van der Waals surface area contributed by atoms with Crippen molar-refractivity contribution in [1.29, 1.82) is 0 Å². The van der Waals surface area contributed by atoms with E-state index in [1.165, 1.54) is 89.9 Å². The van der Waals surface area contributed by atoms with Gasteiger partial charge in [-0.25, -0.2) is 0 Å². The molecule has 0 aromatic rings. The lowest BCUT2D eigenvalue weighted by atomic mass is 9.87. The van der Waals surface area contributed by atoms with Crippen molar-refractivity contribution >= 4 is 17.7 Å². The highest BCUT2D eigenvalue weighted by Crippen LogP contribution is 2.36. The number of ether oxygens (including phenoxy) is 2. The molecule has 1 aliphatic rings. The van der Waals surface area contributed by atoms with Crippen LogP contribution in [0.1, 0.15) is 201 Å². The van der Waals surface area contributed by atoms with Crippen molar-refractivity contribution in [2.45, 2.75) is 225 Å². The van der Waals surface area contributed by atoms with E-state index in [0.29, 0.717) is 25.7 Å². The van der Waals surface area contributed by atoms with Gasteiger partial charge in [-0.3, -0.25) is 14.4 Å². The molecule has 0 spiro atoms. The Morgan fingerprint density at radius 1 is 0.611 bits per heavy atom. The number of ketones is 1. The third-order valence-electron chi connectivity index (χ3n) is 10.9. The second kappa shape index (κ2) is 33.3. The Morgan fingerprint density at radius 2 is 1.06 bits per heavy atom. The fraction of sp³-hybridized carbons (Fsp3) is 0.889. The fourth-order valence-electron chi connectivity index (χ4n) is 7.44. The molecular weight excluding hydrogens is 684 g/mol. The summed E-state index contributed by atoms with van der Waals surface area (Å²) in [6, 6.07) is 0. The molecule has 0 aromatic heterocycles. The van der Waals surface area contributed by atoms with Crippen molar-refractivity contribution in [2.75, 3.05) is 13.2 Å². The molecule has 6 atom stereocenters. The topological polar surface area (TPSA) is 151 Å². The standard InChI is InChI=1S/C45H82O9/c1-4-5-20-26-37(46)30-31-40-41(43(50)33-42(40)49)32-38(47)27-23-24-29-45(52)54-35-39(48)34-53-44(51)28-22-19-17-15-13-11-9-7-6-8-10-12-14-16-18-21-25-36(2)3/h30-31,36-37,39-43,46,48-50H,4-29,32-35H2,1-3H3/b31-30+/t37-,39+,40+,41+,42+,43-/m0/s1.